The van der Waals surface area contributed by atoms with Crippen LogP contribution >= 0.6 is 0 Å². The first kappa shape index (κ1) is 44.2. The Hall–Kier alpha value is -8.98. The summed E-state index contributed by atoms with van der Waals surface area (Å²) in [5.41, 5.74) is 13.1. The topological polar surface area (TPSA) is 101 Å². The zero-order valence-corrected chi connectivity index (χ0v) is 37.1. The van der Waals surface area contributed by atoms with E-state index in [0.29, 0.717) is 23.1 Å². The van der Waals surface area contributed by atoms with E-state index in [1.807, 2.05) is 115 Å². The fraction of sp³-hybridized carbons (Fsp3) is 0.0476. The van der Waals surface area contributed by atoms with Crippen molar-refractivity contribution in [3.05, 3.63) is 264 Å². The summed E-state index contributed by atoms with van der Waals surface area (Å²) in [7, 11) is 0. The van der Waals surface area contributed by atoms with Crippen LogP contribution in [0.1, 0.15) is 51.6 Å². The number of phenols is 5. The van der Waals surface area contributed by atoms with Crippen molar-refractivity contribution < 1.29 is 25.5 Å². The van der Waals surface area contributed by atoms with Gasteiger partial charge in [0.2, 0.25) is 0 Å². The average molecular weight is 885 g/mol. The average Bonchev–Trinajstić information content (AvgIpc) is 3.38. The van der Waals surface area contributed by atoms with Gasteiger partial charge in [-0.3, -0.25) is 0 Å². The summed E-state index contributed by atoms with van der Waals surface area (Å²) in [6.45, 7) is 0. The Balaban J connectivity index is 1.16. The predicted octanol–water partition coefficient (Wildman–Crippen LogP) is 14.9. The van der Waals surface area contributed by atoms with Crippen LogP contribution in [0.5, 0.6) is 28.7 Å². The number of aromatic hydroxyl groups is 5. The summed E-state index contributed by atoms with van der Waals surface area (Å²) in [6.07, 6.45) is 11.8. The van der Waals surface area contributed by atoms with Gasteiger partial charge < -0.3 is 25.5 Å². The van der Waals surface area contributed by atoms with Gasteiger partial charge in [-0.25, -0.2) is 0 Å². The van der Waals surface area contributed by atoms with Crippen LogP contribution in [0.15, 0.2) is 231 Å². The third-order valence-electron chi connectivity index (χ3n) is 12.5. The second-order valence-electron chi connectivity index (χ2n) is 16.8. The largest absolute Gasteiger partial charge is 0.508 e. The maximum absolute atomic E-state index is 11.9. The Labute approximate surface area is 397 Å². The minimum atomic E-state index is -0.608. The molecule has 9 aromatic carbocycles. The quantitative estimate of drug-likeness (QED) is 0.0451. The molecule has 5 N–H and O–H groups in total. The van der Waals surface area contributed by atoms with Crippen molar-refractivity contribution >= 4 is 5.57 Å². The van der Waals surface area contributed by atoms with E-state index in [9.17, 15) is 25.5 Å². The van der Waals surface area contributed by atoms with Crippen molar-refractivity contribution in [3.8, 4) is 85.6 Å². The molecule has 9 aromatic rings. The minimum Gasteiger partial charge on any atom is -0.508 e. The molecule has 0 heterocycles. The first-order valence-corrected chi connectivity index (χ1v) is 22.4. The lowest BCUT2D eigenvalue weighted by Crippen LogP contribution is -2.05. The van der Waals surface area contributed by atoms with Gasteiger partial charge in [-0.1, -0.05) is 164 Å². The third kappa shape index (κ3) is 9.82. The number of hydrogen-bond donors (Lipinski definition) is 5. The van der Waals surface area contributed by atoms with Gasteiger partial charge in [0.1, 0.15) is 28.7 Å². The molecule has 0 aliphatic carbocycles. The molecule has 0 bridgehead atoms. The predicted molar refractivity (Wildman–Crippen MR) is 276 cm³/mol. The molecule has 5 heteroatoms. The number of rotatable bonds is 13. The van der Waals surface area contributed by atoms with Crippen molar-refractivity contribution in [3.63, 3.8) is 0 Å². The van der Waals surface area contributed by atoms with Crippen molar-refractivity contribution in [2.75, 3.05) is 0 Å². The standard InChI is InChI=1S/C63H48O5/c1-2-3-10-44(47-23-31-54(64)32-24-47)27-35-56(49-19-15-45(16-20-49)42-11-6-4-7-12-42)57-39-52(29-36-60(57)66)53-30-38-62(68)59(41-53)63(50-21-17-46(18-22-50)43-13-8-5-9-14-43)58-40-51(28-37-61(58)67)48-25-33-55(65)34-26-48/h1,3-34,36-41,56,63-68H,35H2/b10-3-,44-27+. The van der Waals surface area contributed by atoms with E-state index < -0.39 is 5.92 Å². The summed E-state index contributed by atoms with van der Waals surface area (Å²) in [5, 5.41) is 55.4. The third-order valence-corrected chi connectivity index (χ3v) is 12.5. The summed E-state index contributed by atoms with van der Waals surface area (Å²) in [4.78, 5) is 0. The van der Waals surface area contributed by atoms with Crippen LogP contribution in [-0.4, -0.2) is 25.5 Å². The molecule has 0 saturated carbocycles. The second-order valence-corrected chi connectivity index (χ2v) is 16.8. The highest BCUT2D eigenvalue weighted by Crippen LogP contribution is 2.45. The van der Waals surface area contributed by atoms with Gasteiger partial charge in [0.25, 0.3) is 0 Å². The van der Waals surface area contributed by atoms with Crippen LogP contribution in [0.3, 0.4) is 0 Å². The van der Waals surface area contributed by atoms with Crippen LogP contribution in [0, 0.1) is 12.3 Å². The molecular formula is C63H48O5. The van der Waals surface area contributed by atoms with E-state index in [4.69, 9.17) is 6.42 Å². The molecule has 0 aromatic heterocycles. The fourth-order valence-electron chi connectivity index (χ4n) is 8.92. The van der Waals surface area contributed by atoms with Crippen LogP contribution in [0.4, 0.5) is 0 Å². The van der Waals surface area contributed by atoms with Crippen LogP contribution in [0.2, 0.25) is 0 Å². The molecular weight excluding hydrogens is 837 g/mol. The van der Waals surface area contributed by atoms with Gasteiger partial charge in [0.05, 0.1) is 0 Å². The lowest BCUT2D eigenvalue weighted by atomic mass is 9.81. The summed E-state index contributed by atoms with van der Waals surface area (Å²) < 4.78 is 0. The van der Waals surface area contributed by atoms with E-state index in [1.165, 1.54) is 0 Å². The number of allylic oxidation sites excluding steroid dienone is 4. The number of hydrogen-bond acceptors (Lipinski definition) is 5. The lowest BCUT2D eigenvalue weighted by molar-refractivity contribution is 0.458. The highest BCUT2D eigenvalue weighted by molar-refractivity contribution is 5.76. The van der Waals surface area contributed by atoms with Gasteiger partial charge in [-0.05, 0) is 146 Å². The molecule has 5 nitrogen and oxygen atoms in total. The lowest BCUT2D eigenvalue weighted by Gasteiger charge is -2.23. The van der Waals surface area contributed by atoms with Crippen molar-refractivity contribution in [1.82, 2.24) is 0 Å². The van der Waals surface area contributed by atoms with Crippen LogP contribution in [0.25, 0.3) is 50.1 Å². The molecule has 0 radical (unpaired) electrons. The monoisotopic (exact) mass is 884 g/mol. The molecule has 0 aliphatic rings. The molecule has 68 heavy (non-hydrogen) atoms. The minimum absolute atomic E-state index is 0.0580. The molecule has 0 spiro atoms. The first-order chi connectivity index (χ1) is 33.2. The van der Waals surface area contributed by atoms with E-state index in [2.05, 4.69) is 72.7 Å². The van der Waals surface area contributed by atoms with E-state index >= 15 is 0 Å². The summed E-state index contributed by atoms with van der Waals surface area (Å²) in [6, 6.07) is 67.4. The van der Waals surface area contributed by atoms with Crippen molar-refractivity contribution in [2.24, 2.45) is 0 Å². The van der Waals surface area contributed by atoms with Crippen LogP contribution in [-0.2, 0) is 0 Å². The summed E-state index contributed by atoms with van der Waals surface area (Å²) >= 11 is 0. The SMILES string of the molecule is C#C/C=C\C(=C/CC(c1ccc(-c2ccccc2)cc1)c1cc(-c2ccc(O)c(C(c3ccc(-c4ccccc4)cc3)c3cc(-c4ccc(O)cc4)ccc3O)c2)ccc1O)c1ccc(O)cc1. The van der Waals surface area contributed by atoms with E-state index in [-0.39, 0.29) is 34.7 Å². The van der Waals surface area contributed by atoms with Gasteiger partial charge in [-0.2, -0.15) is 0 Å². The molecule has 0 saturated heterocycles. The van der Waals surface area contributed by atoms with Gasteiger partial charge in [-0.15, -0.1) is 6.42 Å². The molecule has 330 valence electrons. The van der Waals surface area contributed by atoms with E-state index in [1.54, 1.807) is 48.5 Å². The Morgan fingerprint density at radius 1 is 0.412 bits per heavy atom. The second kappa shape index (κ2) is 20.0. The Kier molecular flexibility index (Phi) is 13.0. The first-order valence-electron chi connectivity index (χ1n) is 22.4. The molecule has 2 atom stereocenters. The highest BCUT2D eigenvalue weighted by Gasteiger charge is 2.26. The summed E-state index contributed by atoms with van der Waals surface area (Å²) in [5.74, 6) is 2.26. The van der Waals surface area contributed by atoms with Gasteiger partial charge >= 0.3 is 0 Å². The Morgan fingerprint density at radius 2 is 0.794 bits per heavy atom. The smallest absolute Gasteiger partial charge is 0.119 e. The molecule has 0 amide bonds. The molecule has 9 rings (SSSR count). The molecule has 0 fully saturated rings. The van der Waals surface area contributed by atoms with Gasteiger partial charge in [0, 0.05) is 28.5 Å². The number of benzene rings is 9. The van der Waals surface area contributed by atoms with Crippen molar-refractivity contribution in [1.29, 1.82) is 0 Å². The maximum atomic E-state index is 11.9. The van der Waals surface area contributed by atoms with Crippen molar-refractivity contribution in [2.45, 2.75) is 18.3 Å². The Morgan fingerprint density at radius 3 is 1.29 bits per heavy atom. The zero-order chi connectivity index (χ0) is 47.0. The Bertz CT molecular complexity index is 3270. The van der Waals surface area contributed by atoms with Crippen LogP contribution < -0.4 is 0 Å². The van der Waals surface area contributed by atoms with Gasteiger partial charge in [0.15, 0.2) is 0 Å². The fourth-order valence-corrected chi connectivity index (χ4v) is 8.92. The molecule has 2 unspecified atom stereocenters. The van der Waals surface area contributed by atoms with E-state index in [0.717, 1.165) is 66.8 Å². The zero-order valence-electron chi connectivity index (χ0n) is 37.1. The number of phenolic OH excluding ortho intramolecular Hbond substituents is 5. The highest BCUT2D eigenvalue weighted by atomic mass is 16.3. The normalized spacial score (nSPS) is 12.4. The molecule has 0 aliphatic heterocycles. The maximum Gasteiger partial charge on any atom is 0.119 e. The number of terminal acetylenes is 1.